The third-order valence-electron chi connectivity index (χ3n) is 2.32. The maximum atomic E-state index is 10.9. The topological polar surface area (TPSA) is 61.0 Å². The standard InChI is InChI=1S/C11H10BrN3O2/c12-7-6-10-11(15(16)17)8-14(13-10)9-4-2-1-3-5-9/h1-5,8H,6-7H2. The van der Waals surface area contributed by atoms with Crippen LogP contribution in [-0.4, -0.2) is 20.0 Å². The van der Waals surface area contributed by atoms with Crippen molar-refractivity contribution in [2.75, 3.05) is 5.33 Å². The second-order valence-corrected chi connectivity index (χ2v) is 4.23. The number of benzene rings is 1. The van der Waals surface area contributed by atoms with Crippen molar-refractivity contribution in [3.8, 4) is 5.69 Å². The van der Waals surface area contributed by atoms with Gasteiger partial charge in [-0.05, 0) is 12.1 Å². The molecule has 2 rings (SSSR count). The molecule has 0 radical (unpaired) electrons. The zero-order valence-corrected chi connectivity index (χ0v) is 10.5. The molecule has 0 N–H and O–H groups in total. The molecule has 0 saturated carbocycles. The summed E-state index contributed by atoms with van der Waals surface area (Å²) in [5.41, 5.74) is 1.38. The molecule has 6 heteroatoms. The number of rotatable bonds is 4. The van der Waals surface area contributed by atoms with Crippen LogP contribution >= 0.6 is 15.9 Å². The average Bonchev–Trinajstić information content (AvgIpc) is 2.75. The molecule has 0 aliphatic carbocycles. The summed E-state index contributed by atoms with van der Waals surface area (Å²) in [6.07, 6.45) is 1.99. The molecule has 1 aromatic heterocycles. The van der Waals surface area contributed by atoms with Gasteiger partial charge in [-0.2, -0.15) is 5.10 Å². The molecule has 0 aliphatic heterocycles. The quantitative estimate of drug-likeness (QED) is 0.495. The van der Waals surface area contributed by atoms with Crippen molar-refractivity contribution in [2.24, 2.45) is 0 Å². The number of aromatic nitrogens is 2. The minimum absolute atomic E-state index is 0.0632. The third-order valence-corrected chi connectivity index (χ3v) is 2.71. The summed E-state index contributed by atoms with van der Waals surface area (Å²) in [5, 5.41) is 15.8. The predicted octanol–water partition coefficient (Wildman–Crippen LogP) is 2.72. The van der Waals surface area contributed by atoms with Crippen molar-refractivity contribution < 1.29 is 4.92 Å². The summed E-state index contributed by atoms with van der Waals surface area (Å²) < 4.78 is 1.54. The number of nitrogens with zero attached hydrogens (tertiary/aromatic N) is 3. The van der Waals surface area contributed by atoms with Crippen molar-refractivity contribution in [3.63, 3.8) is 0 Å². The van der Waals surface area contributed by atoms with E-state index in [0.29, 0.717) is 17.4 Å². The summed E-state index contributed by atoms with van der Waals surface area (Å²) in [7, 11) is 0. The second-order valence-electron chi connectivity index (χ2n) is 3.44. The minimum Gasteiger partial charge on any atom is -0.258 e. The largest absolute Gasteiger partial charge is 0.310 e. The van der Waals surface area contributed by atoms with Crippen molar-refractivity contribution in [1.29, 1.82) is 0 Å². The zero-order valence-electron chi connectivity index (χ0n) is 8.91. The Hall–Kier alpha value is -1.69. The van der Waals surface area contributed by atoms with Gasteiger partial charge in [-0.25, -0.2) is 4.68 Å². The molecule has 0 unspecified atom stereocenters. The summed E-state index contributed by atoms with van der Waals surface area (Å²) in [6.45, 7) is 0. The van der Waals surface area contributed by atoms with Gasteiger partial charge in [-0.3, -0.25) is 10.1 Å². The van der Waals surface area contributed by atoms with Gasteiger partial charge in [0.05, 0.1) is 10.6 Å². The Bertz CT molecular complexity index is 525. The molecule has 1 aromatic carbocycles. The fourth-order valence-corrected chi connectivity index (χ4v) is 1.91. The van der Waals surface area contributed by atoms with Crippen LogP contribution in [0, 0.1) is 10.1 Å². The number of hydrogen-bond donors (Lipinski definition) is 0. The van der Waals surface area contributed by atoms with Gasteiger partial charge in [0.15, 0.2) is 0 Å². The Morgan fingerprint density at radius 2 is 2.06 bits per heavy atom. The van der Waals surface area contributed by atoms with Gasteiger partial charge in [0.1, 0.15) is 11.9 Å². The van der Waals surface area contributed by atoms with E-state index >= 15 is 0 Å². The fraction of sp³-hybridized carbons (Fsp3) is 0.182. The molecule has 5 nitrogen and oxygen atoms in total. The van der Waals surface area contributed by atoms with Crippen molar-refractivity contribution in [2.45, 2.75) is 6.42 Å². The van der Waals surface area contributed by atoms with Gasteiger partial charge in [-0.1, -0.05) is 34.1 Å². The van der Waals surface area contributed by atoms with E-state index in [-0.39, 0.29) is 5.69 Å². The van der Waals surface area contributed by atoms with E-state index < -0.39 is 4.92 Å². The first-order valence-electron chi connectivity index (χ1n) is 5.06. The maximum Gasteiger partial charge on any atom is 0.310 e. The van der Waals surface area contributed by atoms with Crippen LogP contribution in [0.1, 0.15) is 5.69 Å². The lowest BCUT2D eigenvalue weighted by molar-refractivity contribution is -0.385. The van der Waals surface area contributed by atoms with Crippen LogP contribution < -0.4 is 0 Å². The first-order chi connectivity index (χ1) is 8.22. The zero-order chi connectivity index (χ0) is 12.3. The Morgan fingerprint density at radius 1 is 1.35 bits per heavy atom. The molecule has 17 heavy (non-hydrogen) atoms. The number of nitro groups is 1. The highest BCUT2D eigenvalue weighted by molar-refractivity contribution is 9.09. The molecular formula is C11H10BrN3O2. The van der Waals surface area contributed by atoms with Gasteiger partial charge in [0, 0.05) is 11.8 Å². The normalized spacial score (nSPS) is 10.4. The molecule has 88 valence electrons. The summed E-state index contributed by atoms with van der Waals surface area (Å²) in [6, 6.07) is 9.34. The van der Waals surface area contributed by atoms with Gasteiger partial charge >= 0.3 is 5.69 Å². The summed E-state index contributed by atoms with van der Waals surface area (Å²) in [5.74, 6) is 0. The number of halogens is 1. The van der Waals surface area contributed by atoms with E-state index in [2.05, 4.69) is 21.0 Å². The molecule has 0 fully saturated rings. The van der Waals surface area contributed by atoms with E-state index in [4.69, 9.17) is 0 Å². The van der Waals surface area contributed by atoms with E-state index in [0.717, 1.165) is 5.69 Å². The molecule has 0 aliphatic rings. The number of hydrogen-bond acceptors (Lipinski definition) is 3. The van der Waals surface area contributed by atoms with E-state index in [1.807, 2.05) is 30.3 Å². The first-order valence-corrected chi connectivity index (χ1v) is 6.19. The van der Waals surface area contributed by atoms with Crippen LogP contribution in [0.4, 0.5) is 5.69 Å². The fourth-order valence-electron chi connectivity index (χ4n) is 1.53. The SMILES string of the molecule is O=[N+]([O-])c1cn(-c2ccccc2)nc1CCBr. The Morgan fingerprint density at radius 3 is 2.65 bits per heavy atom. The van der Waals surface area contributed by atoms with Gasteiger partial charge in [-0.15, -0.1) is 0 Å². The Balaban J connectivity index is 2.44. The molecule has 1 heterocycles. The smallest absolute Gasteiger partial charge is 0.258 e. The predicted molar refractivity (Wildman–Crippen MR) is 67.7 cm³/mol. The van der Waals surface area contributed by atoms with E-state index in [1.54, 1.807) is 0 Å². The van der Waals surface area contributed by atoms with Crippen LogP contribution in [0.25, 0.3) is 5.69 Å². The van der Waals surface area contributed by atoms with Crippen LogP contribution in [0.15, 0.2) is 36.5 Å². The summed E-state index contributed by atoms with van der Waals surface area (Å²) in [4.78, 5) is 10.5. The second kappa shape index (κ2) is 5.09. The Labute approximate surface area is 106 Å². The van der Waals surface area contributed by atoms with Crippen molar-refractivity contribution in [3.05, 3.63) is 52.3 Å². The monoisotopic (exact) mass is 295 g/mol. The highest BCUT2D eigenvalue weighted by Gasteiger charge is 2.18. The molecule has 2 aromatic rings. The van der Waals surface area contributed by atoms with Crippen molar-refractivity contribution in [1.82, 2.24) is 9.78 Å². The van der Waals surface area contributed by atoms with Crippen molar-refractivity contribution >= 4 is 21.6 Å². The number of alkyl halides is 1. The Kier molecular flexibility index (Phi) is 3.53. The maximum absolute atomic E-state index is 10.9. The molecule has 0 amide bonds. The number of para-hydroxylation sites is 1. The third kappa shape index (κ3) is 2.52. The average molecular weight is 296 g/mol. The first kappa shape index (κ1) is 11.8. The summed E-state index contributed by atoms with van der Waals surface area (Å²) >= 11 is 3.26. The van der Waals surface area contributed by atoms with Gasteiger partial charge in [0.2, 0.25) is 0 Å². The van der Waals surface area contributed by atoms with E-state index in [1.165, 1.54) is 10.9 Å². The molecule has 0 bridgehead atoms. The molecule has 0 saturated heterocycles. The highest BCUT2D eigenvalue weighted by Crippen LogP contribution is 2.20. The van der Waals surface area contributed by atoms with Crippen LogP contribution in [0.3, 0.4) is 0 Å². The van der Waals surface area contributed by atoms with Gasteiger partial charge < -0.3 is 0 Å². The van der Waals surface area contributed by atoms with E-state index in [9.17, 15) is 10.1 Å². The lowest BCUT2D eigenvalue weighted by atomic mass is 10.3. The van der Waals surface area contributed by atoms with Crippen LogP contribution in [-0.2, 0) is 6.42 Å². The minimum atomic E-state index is -0.398. The van der Waals surface area contributed by atoms with Gasteiger partial charge in [0.25, 0.3) is 0 Å². The number of aryl methyl sites for hydroxylation is 1. The lowest BCUT2D eigenvalue weighted by Gasteiger charge is -1.98. The molecule has 0 atom stereocenters. The molecule has 0 spiro atoms. The van der Waals surface area contributed by atoms with Crippen LogP contribution in [0.2, 0.25) is 0 Å². The molecular weight excluding hydrogens is 286 g/mol. The highest BCUT2D eigenvalue weighted by atomic mass is 79.9. The lowest BCUT2D eigenvalue weighted by Crippen LogP contribution is -1.96. The van der Waals surface area contributed by atoms with Crippen LogP contribution in [0.5, 0.6) is 0 Å².